The molecular formula is C14H18N2O2S. The normalized spacial score (nSPS) is 15.6. The predicted octanol–water partition coefficient (Wildman–Crippen LogP) is 2.08. The molecule has 4 nitrogen and oxygen atoms in total. The van der Waals surface area contributed by atoms with Gasteiger partial charge >= 0.3 is 0 Å². The molecule has 0 unspecified atom stereocenters. The van der Waals surface area contributed by atoms with Crippen molar-refractivity contribution in [3.05, 3.63) is 29.8 Å². The molecule has 19 heavy (non-hydrogen) atoms. The van der Waals surface area contributed by atoms with Crippen LogP contribution in [0.15, 0.2) is 24.3 Å². The number of ether oxygens (including phenoxy) is 1. The molecule has 1 aliphatic heterocycles. The average molecular weight is 278 g/mol. The molecule has 1 heterocycles. The molecule has 1 saturated heterocycles. The first-order chi connectivity index (χ1) is 9.04. The lowest BCUT2D eigenvalue weighted by atomic mass is 10.2. The number of hydrogen-bond acceptors (Lipinski definition) is 3. The summed E-state index contributed by atoms with van der Waals surface area (Å²) in [4.78, 5) is 13.2. The van der Waals surface area contributed by atoms with Crippen molar-refractivity contribution in [3.63, 3.8) is 0 Å². The number of rotatable bonds is 4. The summed E-state index contributed by atoms with van der Waals surface area (Å²) in [5.74, 6) is 0.871. The number of nitrogens with one attached hydrogen (secondary N) is 1. The third-order valence-corrected chi connectivity index (χ3v) is 3.17. The molecule has 1 aromatic carbocycles. The first-order valence-corrected chi connectivity index (χ1v) is 6.80. The zero-order valence-electron chi connectivity index (χ0n) is 11.2. The van der Waals surface area contributed by atoms with Gasteiger partial charge in [0.25, 0.3) is 0 Å². The number of benzene rings is 1. The lowest BCUT2D eigenvalue weighted by Gasteiger charge is -2.29. The van der Waals surface area contributed by atoms with Crippen molar-refractivity contribution >= 4 is 23.2 Å². The fourth-order valence-electron chi connectivity index (χ4n) is 1.92. The van der Waals surface area contributed by atoms with E-state index in [1.807, 2.05) is 43.0 Å². The molecule has 1 aromatic rings. The smallest absolute Gasteiger partial charge is 0.227 e. The van der Waals surface area contributed by atoms with Gasteiger partial charge in [-0.3, -0.25) is 4.79 Å². The van der Waals surface area contributed by atoms with Crippen LogP contribution in [0.25, 0.3) is 0 Å². The van der Waals surface area contributed by atoms with Crippen LogP contribution in [0.4, 0.5) is 0 Å². The third-order valence-electron chi connectivity index (χ3n) is 2.81. The van der Waals surface area contributed by atoms with Crippen LogP contribution in [-0.4, -0.2) is 28.6 Å². The molecule has 1 aliphatic rings. The molecule has 0 atom stereocenters. The number of amides is 1. The molecule has 1 amide bonds. The summed E-state index contributed by atoms with van der Waals surface area (Å²) >= 11 is 5.16. The predicted molar refractivity (Wildman–Crippen MR) is 78.0 cm³/mol. The summed E-state index contributed by atoms with van der Waals surface area (Å²) in [5, 5.41) is 3.19. The van der Waals surface area contributed by atoms with Gasteiger partial charge in [-0.25, -0.2) is 0 Å². The molecule has 0 aromatic heterocycles. The zero-order chi connectivity index (χ0) is 13.8. The van der Waals surface area contributed by atoms with Gasteiger partial charge in [0.05, 0.1) is 6.10 Å². The number of nitrogens with zero attached hydrogens (tertiary/aromatic N) is 1. The zero-order valence-corrected chi connectivity index (χ0v) is 12.0. The van der Waals surface area contributed by atoms with Gasteiger partial charge in [-0.15, -0.1) is 0 Å². The Morgan fingerprint density at radius 3 is 2.63 bits per heavy atom. The van der Waals surface area contributed by atoms with E-state index in [0.29, 0.717) is 24.6 Å². The van der Waals surface area contributed by atoms with Crippen LogP contribution >= 0.6 is 12.2 Å². The van der Waals surface area contributed by atoms with Crippen molar-refractivity contribution in [2.24, 2.45) is 0 Å². The van der Waals surface area contributed by atoms with Gasteiger partial charge in [0.1, 0.15) is 5.75 Å². The molecule has 2 rings (SSSR count). The van der Waals surface area contributed by atoms with Gasteiger partial charge in [0.15, 0.2) is 5.11 Å². The van der Waals surface area contributed by atoms with E-state index in [2.05, 4.69) is 5.32 Å². The molecular weight excluding hydrogens is 260 g/mol. The van der Waals surface area contributed by atoms with Crippen molar-refractivity contribution in [1.82, 2.24) is 10.2 Å². The number of hydrogen-bond donors (Lipinski definition) is 1. The summed E-state index contributed by atoms with van der Waals surface area (Å²) in [5.41, 5.74) is 1.15. The maximum atomic E-state index is 11.2. The monoisotopic (exact) mass is 278 g/mol. The van der Waals surface area contributed by atoms with Gasteiger partial charge in [-0.2, -0.15) is 0 Å². The van der Waals surface area contributed by atoms with E-state index >= 15 is 0 Å². The molecule has 0 radical (unpaired) electrons. The largest absolute Gasteiger partial charge is 0.491 e. The Hall–Kier alpha value is -1.62. The van der Waals surface area contributed by atoms with E-state index in [4.69, 9.17) is 17.0 Å². The van der Waals surface area contributed by atoms with Gasteiger partial charge in [-0.05, 0) is 43.8 Å². The van der Waals surface area contributed by atoms with Crippen LogP contribution in [0.2, 0.25) is 0 Å². The lowest BCUT2D eigenvalue weighted by Crippen LogP contribution is -2.48. The minimum absolute atomic E-state index is 0.00179. The van der Waals surface area contributed by atoms with Crippen molar-refractivity contribution < 1.29 is 9.53 Å². The maximum Gasteiger partial charge on any atom is 0.227 e. The fraction of sp³-hybridized carbons (Fsp3) is 0.429. The Balaban J connectivity index is 1.96. The topological polar surface area (TPSA) is 41.6 Å². The maximum absolute atomic E-state index is 11.2. The van der Waals surface area contributed by atoms with E-state index in [1.165, 1.54) is 0 Å². The standard InChI is InChI=1S/C14H18N2O2S/c1-10(2)18-12-5-3-11(4-6-12)9-16-8-7-13(17)15-14(16)19/h3-6,10H,7-9H2,1-2H3,(H,15,17,19). The summed E-state index contributed by atoms with van der Waals surface area (Å²) in [6, 6.07) is 7.97. The first-order valence-electron chi connectivity index (χ1n) is 6.39. The van der Waals surface area contributed by atoms with Gasteiger partial charge in [-0.1, -0.05) is 12.1 Å². The van der Waals surface area contributed by atoms with Crippen LogP contribution in [0.1, 0.15) is 25.8 Å². The molecule has 0 bridgehead atoms. The fourth-order valence-corrected chi connectivity index (χ4v) is 2.19. The number of carbonyl (C=O) groups excluding carboxylic acids is 1. The van der Waals surface area contributed by atoms with Crippen LogP contribution in [-0.2, 0) is 11.3 Å². The van der Waals surface area contributed by atoms with Crippen molar-refractivity contribution in [3.8, 4) is 5.75 Å². The highest BCUT2D eigenvalue weighted by atomic mass is 32.1. The summed E-state index contributed by atoms with van der Waals surface area (Å²) in [6.07, 6.45) is 0.671. The summed E-state index contributed by atoms with van der Waals surface area (Å²) in [6.45, 7) is 5.39. The van der Waals surface area contributed by atoms with Crippen molar-refractivity contribution in [2.75, 3.05) is 6.54 Å². The molecule has 102 valence electrons. The Morgan fingerprint density at radius 1 is 1.37 bits per heavy atom. The Kier molecular flexibility index (Phi) is 4.37. The average Bonchev–Trinajstić information content (AvgIpc) is 2.34. The van der Waals surface area contributed by atoms with Crippen molar-refractivity contribution in [1.29, 1.82) is 0 Å². The Bertz CT molecular complexity index is 471. The van der Waals surface area contributed by atoms with E-state index < -0.39 is 0 Å². The summed E-state index contributed by atoms with van der Waals surface area (Å²) < 4.78 is 5.60. The number of carbonyl (C=O) groups is 1. The van der Waals surface area contributed by atoms with Crippen LogP contribution in [0, 0.1) is 0 Å². The highest BCUT2D eigenvalue weighted by Crippen LogP contribution is 2.16. The second kappa shape index (κ2) is 6.02. The summed E-state index contributed by atoms with van der Waals surface area (Å²) in [7, 11) is 0. The second-order valence-electron chi connectivity index (χ2n) is 4.84. The highest BCUT2D eigenvalue weighted by Gasteiger charge is 2.19. The number of thiocarbonyl (C=S) groups is 1. The molecule has 0 saturated carbocycles. The van der Waals surface area contributed by atoms with Crippen molar-refractivity contribution in [2.45, 2.75) is 32.9 Å². The van der Waals surface area contributed by atoms with Crippen LogP contribution in [0.5, 0.6) is 5.75 Å². The molecule has 1 N–H and O–H groups in total. The third kappa shape index (κ3) is 3.92. The highest BCUT2D eigenvalue weighted by molar-refractivity contribution is 7.80. The van der Waals surface area contributed by atoms with E-state index in [1.54, 1.807) is 0 Å². The van der Waals surface area contributed by atoms with E-state index in [9.17, 15) is 4.79 Å². The molecule has 5 heteroatoms. The van der Waals surface area contributed by atoms with Crippen LogP contribution < -0.4 is 10.1 Å². The molecule has 0 aliphatic carbocycles. The van der Waals surface area contributed by atoms with Gasteiger partial charge < -0.3 is 15.0 Å². The Morgan fingerprint density at radius 2 is 2.05 bits per heavy atom. The molecule has 0 spiro atoms. The van der Waals surface area contributed by atoms with E-state index in [-0.39, 0.29) is 12.0 Å². The molecule has 1 fully saturated rings. The first kappa shape index (κ1) is 13.8. The lowest BCUT2D eigenvalue weighted by molar-refractivity contribution is -0.120. The minimum Gasteiger partial charge on any atom is -0.491 e. The Labute approximate surface area is 118 Å². The van der Waals surface area contributed by atoms with Crippen LogP contribution in [0.3, 0.4) is 0 Å². The van der Waals surface area contributed by atoms with Gasteiger partial charge in [0.2, 0.25) is 5.91 Å². The van der Waals surface area contributed by atoms with E-state index in [0.717, 1.165) is 11.3 Å². The SMILES string of the molecule is CC(C)Oc1ccc(CN2CCC(=O)NC2=S)cc1. The van der Waals surface area contributed by atoms with Gasteiger partial charge in [0, 0.05) is 19.5 Å². The quantitative estimate of drug-likeness (QED) is 0.856. The second-order valence-corrected chi connectivity index (χ2v) is 5.22. The minimum atomic E-state index is 0.00179.